The lowest BCUT2D eigenvalue weighted by Crippen LogP contribution is -2.10. The van der Waals surface area contributed by atoms with Gasteiger partial charge in [0.25, 0.3) is 0 Å². The van der Waals surface area contributed by atoms with Gasteiger partial charge in [0, 0.05) is 11.2 Å². The minimum Gasteiger partial charge on any atom is -0.497 e. The van der Waals surface area contributed by atoms with Crippen LogP contribution in [0.25, 0.3) is 0 Å². The summed E-state index contributed by atoms with van der Waals surface area (Å²) in [7, 11) is -2.36. The van der Waals surface area contributed by atoms with Crippen molar-refractivity contribution in [1.29, 1.82) is 0 Å². The molecule has 0 N–H and O–H groups in total. The van der Waals surface area contributed by atoms with E-state index >= 15 is 0 Å². The van der Waals surface area contributed by atoms with Gasteiger partial charge in [-0.2, -0.15) is 8.42 Å². The van der Waals surface area contributed by atoms with E-state index in [2.05, 4.69) is 20.9 Å². The Bertz CT molecular complexity index is 1100. The molecule has 8 heteroatoms. The molecule has 0 saturated carbocycles. The molecule has 0 aliphatic rings. The molecule has 0 fully saturated rings. The van der Waals surface area contributed by atoms with Crippen molar-refractivity contribution >= 4 is 49.6 Å². The van der Waals surface area contributed by atoms with E-state index in [-0.39, 0.29) is 10.6 Å². The van der Waals surface area contributed by atoms with E-state index in [0.29, 0.717) is 9.50 Å². The summed E-state index contributed by atoms with van der Waals surface area (Å²) in [6.45, 7) is 0. The Morgan fingerprint density at radius 1 is 1.00 bits per heavy atom. The van der Waals surface area contributed by atoms with Gasteiger partial charge < -0.3 is 8.92 Å². The van der Waals surface area contributed by atoms with Gasteiger partial charge in [0.05, 0.1) is 17.3 Å². The van der Waals surface area contributed by atoms with Crippen LogP contribution < -0.4 is 8.92 Å². The Hall–Kier alpha value is -2.35. The molecule has 0 heterocycles. The molecule has 3 aromatic carbocycles. The molecule has 0 bridgehead atoms. The van der Waals surface area contributed by atoms with Gasteiger partial charge in [-0.1, -0.05) is 11.6 Å². The molecule has 0 aliphatic heterocycles. The van der Waals surface area contributed by atoms with Crippen molar-refractivity contribution in [3.05, 3.63) is 81.8 Å². The second kappa shape index (κ2) is 8.77. The molecule has 144 valence electrons. The summed E-state index contributed by atoms with van der Waals surface area (Å²) in [5, 5.41) is 0.445. The first-order valence-corrected chi connectivity index (χ1v) is 10.6. The molecule has 5 nitrogen and oxygen atoms in total. The summed E-state index contributed by atoms with van der Waals surface area (Å²) in [4.78, 5) is 4.40. The zero-order chi connectivity index (χ0) is 20.1. The van der Waals surface area contributed by atoms with Crippen LogP contribution in [0.15, 0.2) is 81.1 Å². The summed E-state index contributed by atoms with van der Waals surface area (Å²) < 4.78 is 35.6. The Morgan fingerprint density at radius 3 is 2.29 bits per heavy atom. The Kier molecular flexibility index (Phi) is 6.39. The second-order valence-corrected chi connectivity index (χ2v) is 8.47. The molecule has 0 atom stereocenters. The fraction of sp³-hybridized carbons (Fsp3) is 0.0500. The minimum absolute atomic E-state index is 0.0222. The van der Waals surface area contributed by atoms with Crippen molar-refractivity contribution in [2.45, 2.75) is 4.90 Å². The number of nitrogens with zero attached hydrogens (tertiary/aromatic N) is 1. The third-order valence-corrected chi connectivity index (χ3v) is 5.81. The van der Waals surface area contributed by atoms with Crippen LogP contribution in [0, 0.1) is 0 Å². The quantitative estimate of drug-likeness (QED) is 0.339. The maximum Gasteiger partial charge on any atom is 0.339 e. The maximum absolute atomic E-state index is 12.4. The SMILES string of the molecule is COc1ccc(N=Cc2ccc(OS(=O)(=O)c3ccc(Cl)cc3)c(Br)c2)cc1. The average molecular weight is 481 g/mol. The van der Waals surface area contributed by atoms with Crippen LogP contribution in [0.1, 0.15) is 5.56 Å². The lowest BCUT2D eigenvalue weighted by atomic mass is 10.2. The minimum atomic E-state index is -3.96. The molecule has 0 amide bonds. The molecule has 3 rings (SSSR count). The van der Waals surface area contributed by atoms with E-state index in [1.54, 1.807) is 31.5 Å². The summed E-state index contributed by atoms with van der Waals surface area (Å²) in [5.74, 6) is 0.932. The highest BCUT2D eigenvalue weighted by Crippen LogP contribution is 2.29. The van der Waals surface area contributed by atoms with Crippen molar-refractivity contribution in [2.24, 2.45) is 4.99 Å². The summed E-state index contributed by atoms with van der Waals surface area (Å²) in [5.41, 5.74) is 1.54. The number of aliphatic imine (C=N–C) groups is 1. The van der Waals surface area contributed by atoms with E-state index in [1.165, 1.54) is 24.3 Å². The summed E-state index contributed by atoms with van der Waals surface area (Å²) in [6.07, 6.45) is 1.67. The first-order chi connectivity index (χ1) is 13.4. The van der Waals surface area contributed by atoms with E-state index in [9.17, 15) is 8.42 Å². The van der Waals surface area contributed by atoms with Gasteiger partial charge in [-0.25, -0.2) is 0 Å². The molecule has 0 radical (unpaired) electrons. The lowest BCUT2D eigenvalue weighted by Gasteiger charge is -2.09. The van der Waals surface area contributed by atoms with Crippen LogP contribution in [-0.2, 0) is 10.1 Å². The van der Waals surface area contributed by atoms with Crippen molar-refractivity contribution in [3.63, 3.8) is 0 Å². The number of ether oxygens (including phenoxy) is 1. The van der Waals surface area contributed by atoms with Gasteiger partial charge in [-0.3, -0.25) is 4.99 Å². The second-order valence-electron chi connectivity index (χ2n) is 5.64. The van der Waals surface area contributed by atoms with Crippen molar-refractivity contribution in [1.82, 2.24) is 0 Å². The highest BCUT2D eigenvalue weighted by molar-refractivity contribution is 9.10. The predicted octanol–water partition coefficient (Wildman–Crippen LogP) is 5.63. The molecule has 0 spiro atoms. The number of benzene rings is 3. The Balaban J connectivity index is 1.76. The highest BCUT2D eigenvalue weighted by Gasteiger charge is 2.18. The number of hydrogen-bond acceptors (Lipinski definition) is 5. The Morgan fingerprint density at radius 2 is 1.68 bits per heavy atom. The molecule has 0 unspecified atom stereocenters. The fourth-order valence-electron chi connectivity index (χ4n) is 2.25. The summed E-state index contributed by atoms with van der Waals surface area (Å²) in [6, 6.07) is 18.1. The molecular weight excluding hydrogens is 466 g/mol. The first-order valence-electron chi connectivity index (χ1n) is 8.05. The van der Waals surface area contributed by atoms with Gasteiger partial charge in [0.15, 0.2) is 5.75 Å². The standard InChI is InChI=1S/C20H15BrClNO4S/c1-26-17-7-5-16(6-8-17)23-13-14-2-11-20(19(21)12-14)27-28(24,25)18-9-3-15(22)4-10-18/h2-13H,1H3. The van der Waals surface area contributed by atoms with Gasteiger partial charge in [0.2, 0.25) is 0 Å². The van der Waals surface area contributed by atoms with Crippen molar-refractivity contribution < 1.29 is 17.3 Å². The van der Waals surface area contributed by atoms with E-state index in [1.807, 2.05) is 24.3 Å². The fourth-order valence-corrected chi connectivity index (χ4v) is 3.91. The maximum atomic E-state index is 12.4. The van der Waals surface area contributed by atoms with Gasteiger partial charge >= 0.3 is 10.1 Å². The van der Waals surface area contributed by atoms with Crippen LogP contribution in [0.5, 0.6) is 11.5 Å². The average Bonchev–Trinajstić information content (AvgIpc) is 2.69. The van der Waals surface area contributed by atoms with Crippen LogP contribution in [0.4, 0.5) is 5.69 Å². The lowest BCUT2D eigenvalue weighted by molar-refractivity contribution is 0.415. The normalized spacial score (nSPS) is 11.5. The molecule has 3 aromatic rings. The topological polar surface area (TPSA) is 65.0 Å². The van der Waals surface area contributed by atoms with E-state index in [4.69, 9.17) is 20.5 Å². The number of hydrogen-bond donors (Lipinski definition) is 0. The molecular formula is C20H15BrClNO4S. The first kappa shape index (κ1) is 20.4. The van der Waals surface area contributed by atoms with Crippen LogP contribution in [0.3, 0.4) is 0 Å². The third-order valence-electron chi connectivity index (χ3n) is 3.69. The van der Waals surface area contributed by atoms with Gasteiger partial charge in [-0.05, 0) is 88.2 Å². The molecule has 0 aliphatic carbocycles. The number of methoxy groups -OCH3 is 1. The van der Waals surface area contributed by atoms with E-state index < -0.39 is 10.1 Å². The third kappa shape index (κ3) is 5.13. The van der Waals surface area contributed by atoms with Crippen LogP contribution in [-0.4, -0.2) is 21.7 Å². The number of halogens is 2. The summed E-state index contributed by atoms with van der Waals surface area (Å²) >= 11 is 9.13. The van der Waals surface area contributed by atoms with E-state index in [0.717, 1.165) is 17.0 Å². The smallest absolute Gasteiger partial charge is 0.339 e. The van der Waals surface area contributed by atoms with Gasteiger partial charge in [0.1, 0.15) is 10.6 Å². The molecule has 28 heavy (non-hydrogen) atoms. The van der Waals surface area contributed by atoms with Crippen LogP contribution in [0.2, 0.25) is 5.02 Å². The monoisotopic (exact) mass is 479 g/mol. The van der Waals surface area contributed by atoms with Gasteiger partial charge in [-0.15, -0.1) is 0 Å². The predicted molar refractivity (Wildman–Crippen MR) is 114 cm³/mol. The number of rotatable bonds is 6. The highest BCUT2D eigenvalue weighted by atomic mass is 79.9. The molecule has 0 aromatic heterocycles. The zero-order valence-corrected chi connectivity index (χ0v) is 17.8. The van der Waals surface area contributed by atoms with Crippen molar-refractivity contribution in [2.75, 3.05) is 7.11 Å². The van der Waals surface area contributed by atoms with Crippen LogP contribution >= 0.6 is 27.5 Å². The largest absolute Gasteiger partial charge is 0.497 e. The zero-order valence-electron chi connectivity index (χ0n) is 14.7. The molecule has 0 saturated heterocycles. The van der Waals surface area contributed by atoms with Crippen molar-refractivity contribution in [3.8, 4) is 11.5 Å². The Labute approximate surface area is 176 Å².